The Kier molecular flexibility index (Phi) is 5.49. The van der Waals surface area contributed by atoms with Crippen LogP contribution in [-0.2, 0) is 6.54 Å². The van der Waals surface area contributed by atoms with Gasteiger partial charge in [0.1, 0.15) is 0 Å². The normalized spacial score (nSPS) is 18.8. The summed E-state index contributed by atoms with van der Waals surface area (Å²) in [6.45, 7) is 6.94. The quantitative estimate of drug-likeness (QED) is 0.833. The lowest BCUT2D eigenvalue weighted by molar-refractivity contribution is 0.298. The van der Waals surface area contributed by atoms with Gasteiger partial charge < -0.3 is 10.2 Å². The third-order valence-corrected chi connectivity index (χ3v) is 5.56. The van der Waals surface area contributed by atoms with Gasteiger partial charge in [0.05, 0.1) is 7.57 Å². The van der Waals surface area contributed by atoms with E-state index in [0.717, 1.165) is 6.54 Å². The second kappa shape index (κ2) is 6.66. The Morgan fingerprint density at radius 3 is 2.71 bits per heavy atom. The topological polar surface area (TPSA) is 15.3 Å². The molecule has 0 saturated carbocycles. The molecule has 0 aliphatic carbocycles. The van der Waals surface area contributed by atoms with Crippen LogP contribution < -0.4 is 5.32 Å². The molecule has 96 valence electrons. The lowest BCUT2D eigenvalue weighted by atomic mass is 10.2. The van der Waals surface area contributed by atoms with Gasteiger partial charge in [-0.25, -0.2) is 0 Å². The average molecular weight is 382 g/mol. The second-order valence-electron chi connectivity index (χ2n) is 4.64. The minimum Gasteiger partial charge on any atom is -0.309 e. The number of nitrogens with zero attached hydrogens (tertiary/aromatic N) is 1. The van der Waals surface area contributed by atoms with E-state index in [4.69, 9.17) is 0 Å². The van der Waals surface area contributed by atoms with Gasteiger partial charge in [0.25, 0.3) is 0 Å². The molecule has 1 aliphatic rings. The van der Waals surface area contributed by atoms with Gasteiger partial charge in [-0.2, -0.15) is 0 Å². The molecule has 0 aromatic carbocycles. The maximum Gasteiger partial charge on any atom is 0.0755 e. The molecule has 1 saturated heterocycles. The summed E-state index contributed by atoms with van der Waals surface area (Å²) in [4.78, 5) is 2.55. The van der Waals surface area contributed by atoms with E-state index in [0.29, 0.717) is 6.04 Å². The summed E-state index contributed by atoms with van der Waals surface area (Å²) in [5.74, 6) is 0. The van der Waals surface area contributed by atoms with E-state index < -0.39 is 0 Å². The molecule has 0 spiro atoms. The molecule has 17 heavy (non-hydrogen) atoms. The van der Waals surface area contributed by atoms with Crippen molar-refractivity contribution < 1.29 is 0 Å². The number of hydrogen-bond acceptors (Lipinski definition) is 3. The van der Waals surface area contributed by atoms with Crippen LogP contribution in [0, 0.1) is 0 Å². The molecule has 1 atom stereocenters. The molecule has 1 aliphatic heterocycles. The Morgan fingerprint density at radius 2 is 2.12 bits per heavy atom. The van der Waals surface area contributed by atoms with Crippen molar-refractivity contribution in [2.24, 2.45) is 0 Å². The predicted octanol–water partition coefficient (Wildman–Crippen LogP) is 3.85. The summed E-state index contributed by atoms with van der Waals surface area (Å²) in [5.41, 5.74) is 1.34. The summed E-state index contributed by atoms with van der Waals surface area (Å²) in [5, 5.41) is 3.59. The van der Waals surface area contributed by atoms with Crippen LogP contribution in [0.15, 0.2) is 13.6 Å². The first-order valence-electron chi connectivity index (χ1n) is 6.04. The highest BCUT2D eigenvalue weighted by Crippen LogP contribution is 2.31. The highest BCUT2D eigenvalue weighted by atomic mass is 79.9. The SMILES string of the molecule is CC(CN1CCCC1)NCc1cc(Br)sc1Br. The maximum atomic E-state index is 3.59. The van der Waals surface area contributed by atoms with Gasteiger partial charge in [0.2, 0.25) is 0 Å². The summed E-state index contributed by atoms with van der Waals surface area (Å²) < 4.78 is 2.42. The third kappa shape index (κ3) is 4.31. The van der Waals surface area contributed by atoms with Crippen molar-refractivity contribution in [3.05, 3.63) is 19.2 Å². The largest absolute Gasteiger partial charge is 0.309 e. The van der Waals surface area contributed by atoms with Gasteiger partial charge in [-0.1, -0.05) is 0 Å². The summed E-state index contributed by atoms with van der Waals surface area (Å²) in [6, 6.07) is 2.74. The number of nitrogens with one attached hydrogen (secondary N) is 1. The van der Waals surface area contributed by atoms with Crippen LogP contribution in [-0.4, -0.2) is 30.6 Å². The van der Waals surface area contributed by atoms with Crippen LogP contribution in [0.2, 0.25) is 0 Å². The van der Waals surface area contributed by atoms with Gasteiger partial charge in [0.15, 0.2) is 0 Å². The predicted molar refractivity (Wildman–Crippen MR) is 81.7 cm³/mol. The molecule has 1 fully saturated rings. The van der Waals surface area contributed by atoms with Gasteiger partial charge in [-0.05, 0) is 76.3 Å². The Labute approximate surface area is 124 Å². The average Bonchev–Trinajstić information content (AvgIpc) is 2.86. The molecule has 5 heteroatoms. The fourth-order valence-corrected chi connectivity index (χ4v) is 5.02. The van der Waals surface area contributed by atoms with Gasteiger partial charge >= 0.3 is 0 Å². The standard InChI is InChI=1S/C12H18Br2N2S/c1-9(8-16-4-2-3-5-16)15-7-10-6-11(13)17-12(10)14/h6,9,15H,2-5,7-8H2,1H3. The van der Waals surface area contributed by atoms with E-state index in [-0.39, 0.29) is 0 Å². The zero-order chi connectivity index (χ0) is 12.3. The van der Waals surface area contributed by atoms with Crippen molar-refractivity contribution in [1.29, 1.82) is 0 Å². The van der Waals surface area contributed by atoms with Crippen molar-refractivity contribution in [2.45, 2.75) is 32.4 Å². The zero-order valence-electron chi connectivity index (χ0n) is 10.0. The van der Waals surface area contributed by atoms with Crippen LogP contribution >= 0.6 is 43.2 Å². The number of halogens is 2. The Bertz CT molecular complexity index is 361. The first-order chi connectivity index (χ1) is 8.15. The molecule has 0 bridgehead atoms. The minimum absolute atomic E-state index is 0.554. The lowest BCUT2D eigenvalue weighted by Crippen LogP contribution is -2.37. The number of likely N-dealkylation sites (tertiary alicyclic amines) is 1. The summed E-state index contributed by atoms with van der Waals surface area (Å²) in [7, 11) is 0. The second-order valence-corrected chi connectivity index (χ2v) is 8.39. The highest BCUT2D eigenvalue weighted by Gasteiger charge is 2.14. The molecule has 1 N–H and O–H groups in total. The molecule has 1 unspecified atom stereocenters. The molecular formula is C12H18Br2N2S. The first-order valence-corrected chi connectivity index (χ1v) is 8.45. The summed E-state index contributed by atoms with van der Waals surface area (Å²) >= 11 is 8.84. The molecule has 1 aromatic heterocycles. The molecular weight excluding hydrogens is 364 g/mol. The van der Waals surface area contributed by atoms with Crippen molar-refractivity contribution in [3.63, 3.8) is 0 Å². The molecule has 1 aromatic rings. The lowest BCUT2D eigenvalue weighted by Gasteiger charge is -2.21. The number of rotatable bonds is 5. The number of hydrogen-bond donors (Lipinski definition) is 1. The summed E-state index contributed by atoms with van der Waals surface area (Å²) in [6.07, 6.45) is 2.74. The highest BCUT2D eigenvalue weighted by molar-refractivity contribution is 9.12. The fourth-order valence-electron chi connectivity index (χ4n) is 2.20. The van der Waals surface area contributed by atoms with Crippen LogP contribution in [0.3, 0.4) is 0 Å². The van der Waals surface area contributed by atoms with E-state index in [1.807, 2.05) is 0 Å². The van der Waals surface area contributed by atoms with Crippen LogP contribution in [0.25, 0.3) is 0 Å². The van der Waals surface area contributed by atoms with Crippen molar-refractivity contribution >= 4 is 43.2 Å². The van der Waals surface area contributed by atoms with E-state index >= 15 is 0 Å². The molecule has 2 rings (SSSR count). The Morgan fingerprint density at radius 1 is 1.41 bits per heavy atom. The van der Waals surface area contributed by atoms with Gasteiger partial charge in [-0.15, -0.1) is 11.3 Å². The molecule has 0 radical (unpaired) electrons. The van der Waals surface area contributed by atoms with E-state index in [2.05, 4.69) is 55.1 Å². The van der Waals surface area contributed by atoms with Crippen LogP contribution in [0.1, 0.15) is 25.3 Å². The zero-order valence-corrected chi connectivity index (χ0v) is 14.0. The van der Waals surface area contributed by atoms with Gasteiger partial charge in [0, 0.05) is 19.1 Å². The Balaban J connectivity index is 1.75. The first kappa shape index (κ1) is 14.0. The molecule has 2 heterocycles. The third-order valence-electron chi connectivity index (χ3n) is 3.10. The molecule has 0 amide bonds. The maximum absolute atomic E-state index is 3.59. The van der Waals surface area contributed by atoms with E-state index in [9.17, 15) is 0 Å². The smallest absolute Gasteiger partial charge is 0.0755 e. The van der Waals surface area contributed by atoms with Crippen molar-refractivity contribution in [3.8, 4) is 0 Å². The van der Waals surface area contributed by atoms with Crippen LogP contribution in [0.5, 0.6) is 0 Å². The number of thiophene rings is 1. The van der Waals surface area contributed by atoms with Gasteiger partial charge in [-0.3, -0.25) is 0 Å². The van der Waals surface area contributed by atoms with Crippen molar-refractivity contribution in [2.75, 3.05) is 19.6 Å². The van der Waals surface area contributed by atoms with E-state index in [1.165, 1.54) is 45.6 Å². The van der Waals surface area contributed by atoms with E-state index in [1.54, 1.807) is 11.3 Å². The fraction of sp³-hybridized carbons (Fsp3) is 0.667. The molecule has 2 nitrogen and oxygen atoms in total. The monoisotopic (exact) mass is 380 g/mol. The Hall–Kier alpha value is 0.580. The van der Waals surface area contributed by atoms with Crippen molar-refractivity contribution in [1.82, 2.24) is 10.2 Å². The van der Waals surface area contributed by atoms with Crippen LogP contribution in [0.4, 0.5) is 0 Å². The minimum atomic E-state index is 0.554.